The molecule has 3 aromatic rings. The highest BCUT2D eigenvalue weighted by Crippen LogP contribution is 2.33. The van der Waals surface area contributed by atoms with Gasteiger partial charge < -0.3 is 5.73 Å². The molecule has 18 heavy (non-hydrogen) atoms. The van der Waals surface area contributed by atoms with Crippen molar-refractivity contribution in [3.63, 3.8) is 0 Å². The number of hydrogen-bond donors (Lipinski definition) is 1. The molecule has 2 nitrogen and oxygen atoms in total. The lowest BCUT2D eigenvalue weighted by Gasteiger charge is -2.02. The third-order valence-electron chi connectivity index (χ3n) is 2.83. The van der Waals surface area contributed by atoms with Gasteiger partial charge in [0, 0.05) is 15.7 Å². The maximum atomic E-state index is 5.78. The van der Waals surface area contributed by atoms with Gasteiger partial charge in [0.2, 0.25) is 0 Å². The van der Waals surface area contributed by atoms with Crippen molar-refractivity contribution >= 4 is 43.2 Å². The highest BCUT2D eigenvalue weighted by atomic mass is 79.9. The number of halogens is 1. The van der Waals surface area contributed by atoms with E-state index in [1.54, 1.807) is 11.3 Å². The minimum Gasteiger partial charge on any atom is -0.399 e. The number of aromatic nitrogens is 1. The Bertz CT molecular complexity index is 734. The minimum absolute atomic E-state index is 0.792. The average Bonchev–Trinajstić information content (AvgIpc) is 2.71. The minimum atomic E-state index is 0.792. The van der Waals surface area contributed by atoms with Crippen molar-refractivity contribution in [2.45, 2.75) is 6.92 Å². The van der Waals surface area contributed by atoms with Crippen molar-refractivity contribution in [1.82, 2.24) is 4.98 Å². The number of anilines is 1. The Kier molecular flexibility index (Phi) is 2.84. The monoisotopic (exact) mass is 318 g/mol. The van der Waals surface area contributed by atoms with Crippen molar-refractivity contribution in [2.75, 3.05) is 5.73 Å². The van der Waals surface area contributed by atoms with Gasteiger partial charge >= 0.3 is 0 Å². The van der Waals surface area contributed by atoms with Crippen LogP contribution in [-0.4, -0.2) is 4.98 Å². The summed E-state index contributed by atoms with van der Waals surface area (Å²) in [7, 11) is 0. The highest BCUT2D eigenvalue weighted by molar-refractivity contribution is 9.10. The number of nitrogen functional groups attached to an aromatic ring is 1. The second-order valence-electron chi connectivity index (χ2n) is 4.21. The van der Waals surface area contributed by atoms with E-state index >= 15 is 0 Å². The molecule has 2 aromatic carbocycles. The van der Waals surface area contributed by atoms with Crippen LogP contribution in [0, 0.1) is 6.92 Å². The topological polar surface area (TPSA) is 38.9 Å². The van der Waals surface area contributed by atoms with Gasteiger partial charge in [0.15, 0.2) is 0 Å². The molecule has 1 aromatic heterocycles. The van der Waals surface area contributed by atoms with Crippen LogP contribution in [-0.2, 0) is 0 Å². The molecule has 3 rings (SSSR count). The van der Waals surface area contributed by atoms with Crippen molar-refractivity contribution in [1.29, 1.82) is 0 Å². The normalized spacial score (nSPS) is 11.0. The summed E-state index contributed by atoms with van der Waals surface area (Å²) in [5.74, 6) is 0. The fraction of sp³-hybridized carbons (Fsp3) is 0.0714. The van der Waals surface area contributed by atoms with Gasteiger partial charge in [-0.15, -0.1) is 11.3 Å². The fourth-order valence-electron chi connectivity index (χ4n) is 1.94. The summed E-state index contributed by atoms with van der Waals surface area (Å²) in [4.78, 5) is 4.67. The molecule has 0 saturated carbocycles. The maximum absolute atomic E-state index is 5.78. The van der Waals surface area contributed by atoms with Crippen LogP contribution in [0.2, 0.25) is 0 Å². The molecule has 0 aliphatic rings. The van der Waals surface area contributed by atoms with Gasteiger partial charge in [-0.3, -0.25) is 0 Å². The Morgan fingerprint density at radius 2 is 2.00 bits per heavy atom. The third-order valence-corrected chi connectivity index (χ3v) is 4.38. The Morgan fingerprint density at radius 3 is 2.78 bits per heavy atom. The van der Waals surface area contributed by atoms with Crippen molar-refractivity contribution < 1.29 is 0 Å². The van der Waals surface area contributed by atoms with Crippen LogP contribution in [0.1, 0.15) is 5.56 Å². The molecule has 0 unspecified atom stereocenters. The molecule has 0 aliphatic carbocycles. The molecule has 0 amide bonds. The maximum Gasteiger partial charge on any atom is 0.124 e. The fourth-order valence-corrected chi connectivity index (χ4v) is 3.55. The molecule has 1 heterocycles. The zero-order valence-corrected chi connectivity index (χ0v) is 12.2. The first-order valence-electron chi connectivity index (χ1n) is 5.56. The lowest BCUT2D eigenvalue weighted by molar-refractivity contribution is 1.41. The number of aryl methyl sites for hydroxylation is 1. The standard InChI is InChI=1S/C14H11BrN2S/c1-8-6-10(16)3-4-11(8)14-17-12-5-2-9(15)7-13(12)18-14/h2-7H,16H2,1H3. The number of thiazole rings is 1. The van der Waals surface area contributed by atoms with Crippen molar-refractivity contribution in [2.24, 2.45) is 0 Å². The van der Waals surface area contributed by atoms with Crippen LogP contribution in [0.15, 0.2) is 40.9 Å². The average molecular weight is 319 g/mol. The predicted octanol–water partition coefficient (Wildman–Crippen LogP) is 4.62. The summed E-state index contributed by atoms with van der Waals surface area (Å²) < 4.78 is 2.27. The van der Waals surface area contributed by atoms with Crippen LogP contribution in [0.3, 0.4) is 0 Å². The summed E-state index contributed by atoms with van der Waals surface area (Å²) >= 11 is 5.19. The highest BCUT2D eigenvalue weighted by Gasteiger charge is 2.09. The SMILES string of the molecule is Cc1cc(N)ccc1-c1nc2ccc(Br)cc2s1. The van der Waals surface area contributed by atoms with Gasteiger partial charge in [0.25, 0.3) is 0 Å². The van der Waals surface area contributed by atoms with Crippen LogP contribution < -0.4 is 5.73 Å². The van der Waals surface area contributed by atoms with Gasteiger partial charge in [-0.2, -0.15) is 0 Å². The number of rotatable bonds is 1. The zero-order valence-electron chi connectivity index (χ0n) is 9.77. The third kappa shape index (κ3) is 2.02. The van der Waals surface area contributed by atoms with Crippen molar-refractivity contribution in [3.8, 4) is 10.6 Å². The molecular formula is C14H11BrN2S. The Labute approximate surface area is 118 Å². The predicted molar refractivity (Wildman–Crippen MR) is 81.9 cm³/mol. The molecule has 4 heteroatoms. The first-order chi connectivity index (χ1) is 8.63. The van der Waals surface area contributed by atoms with Crippen molar-refractivity contribution in [3.05, 3.63) is 46.4 Å². The Hall–Kier alpha value is -1.39. The van der Waals surface area contributed by atoms with Gasteiger partial charge in [-0.25, -0.2) is 4.98 Å². The summed E-state index contributed by atoms with van der Waals surface area (Å²) in [6.45, 7) is 2.06. The first-order valence-corrected chi connectivity index (χ1v) is 7.17. The largest absolute Gasteiger partial charge is 0.399 e. The molecule has 0 spiro atoms. The van der Waals surface area contributed by atoms with E-state index < -0.39 is 0 Å². The molecule has 2 N–H and O–H groups in total. The van der Waals surface area contributed by atoms with E-state index in [-0.39, 0.29) is 0 Å². The molecule has 0 radical (unpaired) electrons. The molecule has 0 atom stereocenters. The van der Waals surface area contributed by atoms with Crippen LogP contribution in [0.4, 0.5) is 5.69 Å². The first kappa shape index (κ1) is 11.7. The summed E-state index contributed by atoms with van der Waals surface area (Å²) in [5, 5.41) is 1.04. The number of nitrogens with zero attached hydrogens (tertiary/aromatic N) is 1. The van der Waals surface area contributed by atoms with Gasteiger partial charge in [-0.05, 0) is 48.9 Å². The van der Waals surface area contributed by atoms with E-state index in [1.165, 1.54) is 4.70 Å². The molecule has 0 bridgehead atoms. The van der Waals surface area contributed by atoms with E-state index in [9.17, 15) is 0 Å². The summed E-state index contributed by atoms with van der Waals surface area (Å²) in [6, 6.07) is 12.1. The van der Waals surface area contributed by atoms with Gasteiger partial charge in [0.1, 0.15) is 5.01 Å². The quantitative estimate of drug-likeness (QED) is 0.665. The van der Waals surface area contributed by atoms with Gasteiger partial charge in [0.05, 0.1) is 10.2 Å². The van der Waals surface area contributed by atoms with Crippen LogP contribution in [0.5, 0.6) is 0 Å². The zero-order chi connectivity index (χ0) is 12.7. The smallest absolute Gasteiger partial charge is 0.124 e. The molecule has 0 saturated heterocycles. The molecule has 0 aliphatic heterocycles. The number of benzene rings is 2. The summed E-state index contributed by atoms with van der Waals surface area (Å²) in [5.41, 5.74) is 9.92. The lowest BCUT2D eigenvalue weighted by atomic mass is 10.1. The van der Waals surface area contributed by atoms with E-state index in [0.29, 0.717) is 0 Å². The molecule has 0 fully saturated rings. The van der Waals surface area contributed by atoms with Crippen LogP contribution >= 0.6 is 27.3 Å². The number of nitrogens with two attached hydrogens (primary N) is 1. The lowest BCUT2D eigenvalue weighted by Crippen LogP contribution is -1.87. The number of fused-ring (bicyclic) bond motifs is 1. The van der Waals surface area contributed by atoms with E-state index in [4.69, 9.17) is 5.73 Å². The van der Waals surface area contributed by atoms with Crippen LogP contribution in [0.25, 0.3) is 20.8 Å². The Balaban J connectivity index is 2.19. The second-order valence-corrected chi connectivity index (χ2v) is 6.15. The molecular weight excluding hydrogens is 308 g/mol. The van der Waals surface area contributed by atoms with E-state index in [1.807, 2.05) is 30.3 Å². The van der Waals surface area contributed by atoms with E-state index in [2.05, 4.69) is 33.9 Å². The Morgan fingerprint density at radius 1 is 1.17 bits per heavy atom. The summed E-state index contributed by atoms with van der Waals surface area (Å²) in [6.07, 6.45) is 0. The van der Waals surface area contributed by atoms with Gasteiger partial charge in [-0.1, -0.05) is 15.9 Å². The second kappa shape index (κ2) is 4.37. The van der Waals surface area contributed by atoms with E-state index in [0.717, 1.165) is 31.8 Å². The number of hydrogen-bond acceptors (Lipinski definition) is 3. The molecule has 90 valence electrons.